The average molecular weight is 591 g/mol. The minimum Gasteiger partial charge on any atom is -0.614 e. The molecule has 12 heteroatoms. The Bertz CT molecular complexity index is 1450. The molecule has 2 aromatic carbocycles. The number of benzene rings is 2. The number of hydrogen-bond acceptors (Lipinski definition) is 8. The van der Waals surface area contributed by atoms with Gasteiger partial charge in [0.25, 0.3) is 5.91 Å². The first-order valence-electron chi connectivity index (χ1n) is 12.7. The fourth-order valence-corrected chi connectivity index (χ4v) is 6.96. The molecule has 10 nitrogen and oxygen atoms in total. The number of rotatable bonds is 9. The molecule has 0 bridgehead atoms. The molecule has 5 rings (SSSR count). The van der Waals surface area contributed by atoms with Crippen LogP contribution in [0.4, 0.5) is 0 Å². The molecule has 3 heterocycles. The number of hydrogen-bond donors (Lipinski definition) is 2. The van der Waals surface area contributed by atoms with Crippen molar-refractivity contribution in [3.63, 3.8) is 0 Å². The molecule has 3 amide bonds. The smallest absolute Gasteiger partial charge is 0.356 e. The Hall–Kier alpha value is -4.26. The first-order valence-corrected chi connectivity index (χ1v) is 15.0. The molecule has 1 aromatic heterocycles. The Morgan fingerprint density at radius 2 is 1.76 bits per heavy atom. The van der Waals surface area contributed by atoms with Gasteiger partial charge in [0.1, 0.15) is 11.4 Å². The van der Waals surface area contributed by atoms with E-state index in [9.17, 15) is 23.7 Å². The maximum atomic E-state index is 13.8. The zero-order chi connectivity index (χ0) is 28.9. The number of β-lactam (4-membered cyclic amide) rings is 1. The second kappa shape index (κ2) is 12.5. The monoisotopic (exact) mass is 590 g/mol. The summed E-state index contributed by atoms with van der Waals surface area (Å²) in [6.07, 6.45) is 0.479. The first-order chi connectivity index (χ1) is 19.8. The number of fused-ring (bicyclic) bond motifs is 1. The molecule has 3 atom stereocenters. The van der Waals surface area contributed by atoms with Gasteiger partial charge >= 0.3 is 5.97 Å². The topological polar surface area (TPSA) is 140 Å². The fraction of sp³-hybridized carbons (Fsp3) is 0.207. The summed E-state index contributed by atoms with van der Waals surface area (Å²) in [5, 5.41) is 7.41. The van der Waals surface area contributed by atoms with Crippen LogP contribution in [0.5, 0.6) is 0 Å². The van der Waals surface area contributed by atoms with Gasteiger partial charge < -0.3 is 14.6 Å². The average Bonchev–Trinajstić information content (AvgIpc) is 3.48. The molecule has 0 radical (unpaired) electrons. The van der Waals surface area contributed by atoms with E-state index < -0.39 is 46.5 Å². The molecule has 0 spiro atoms. The molecule has 2 unspecified atom stereocenters. The standard InChI is InChI=1S/C29H26N4O6S2/c1-18(34)32-30-16-21-17-41(38)28-24(31-23(35)15-22-13-8-14-40-22)27(36)33(28)25(21)29(37)39-26(19-9-4-2-5-10-19)20-11-6-3-7-12-20/h2-14,16,24,26,28H,15,17H2,1H3,(H,31,35)(H,32,34)/b30-16+/t24?,28-,41?/m1/s1. The van der Waals surface area contributed by atoms with Crippen LogP contribution in [-0.4, -0.2) is 56.5 Å². The fourth-order valence-electron chi connectivity index (χ4n) is 4.64. The number of thiophene rings is 1. The number of carbonyl (C=O) groups is 4. The van der Waals surface area contributed by atoms with Crippen LogP contribution in [0.15, 0.2) is 94.5 Å². The lowest BCUT2D eigenvalue weighted by molar-refractivity contribution is -0.155. The van der Waals surface area contributed by atoms with E-state index in [0.29, 0.717) is 11.1 Å². The van der Waals surface area contributed by atoms with Crippen LogP contribution < -0.4 is 10.7 Å². The Labute approximate surface area is 243 Å². The predicted octanol–water partition coefficient (Wildman–Crippen LogP) is 2.41. The largest absolute Gasteiger partial charge is 0.614 e. The molecular weight excluding hydrogens is 564 g/mol. The van der Waals surface area contributed by atoms with E-state index in [1.54, 1.807) is 0 Å². The molecule has 3 aromatic rings. The third kappa shape index (κ3) is 6.24. The lowest BCUT2D eigenvalue weighted by Crippen LogP contribution is -2.75. The first kappa shape index (κ1) is 28.3. The van der Waals surface area contributed by atoms with E-state index in [2.05, 4.69) is 15.8 Å². The van der Waals surface area contributed by atoms with Crippen LogP contribution in [-0.2, 0) is 41.5 Å². The van der Waals surface area contributed by atoms with E-state index in [4.69, 9.17) is 4.74 Å². The quantitative estimate of drug-likeness (QED) is 0.129. The minimum atomic E-state index is -1.68. The van der Waals surface area contributed by atoms with Crippen LogP contribution >= 0.6 is 11.3 Å². The second-order valence-corrected chi connectivity index (χ2v) is 11.9. The van der Waals surface area contributed by atoms with Crippen molar-refractivity contribution in [2.24, 2.45) is 5.10 Å². The molecule has 210 valence electrons. The molecule has 2 aliphatic rings. The zero-order valence-electron chi connectivity index (χ0n) is 21.9. The highest BCUT2D eigenvalue weighted by molar-refractivity contribution is 7.92. The van der Waals surface area contributed by atoms with Crippen molar-refractivity contribution in [2.75, 3.05) is 5.75 Å². The van der Waals surface area contributed by atoms with Crippen molar-refractivity contribution in [1.29, 1.82) is 0 Å². The summed E-state index contributed by atoms with van der Waals surface area (Å²) in [5.74, 6) is -2.38. The van der Waals surface area contributed by atoms with Crippen molar-refractivity contribution < 1.29 is 28.5 Å². The SMILES string of the molecule is CC(=O)N/N=C/C1=C(C(=O)OC(c2ccccc2)c2ccccc2)N2C(=O)C(NC(=O)Cc3cccs3)[C@H]2[S+]([O-])C1. The van der Waals surface area contributed by atoms with Crippen LogP contribution in [0.2, 0.25) is 0 Å². The highest BCUT2D eigenvalue weighted by atomic mass is 32.2. The van der Waals surface area contributed by atoms with E-state index in [1.165, 1.54) is 24.5 Å². The number of amides is 3. The van der Waals surface area contributed by atoms with Gasteiger partial charge in [-0.1, -0.05) is 66.7 Å². The predicted molar refractivity (Wildman–Crippen MR) is 154 cm³/mol. The number of carbonyl (C=O) groups excluding carboxylic acids is 4. The van der Waals surface area contributed by atoms with Crippen LogP contribution in [0, 0.1) is 0 Å². The van der Waals surface area contributed by atoms with Gasteiger partial charge in [-0.2, -0.15) is 5.10 Å². The van der Waals surface area contributed by atoms with Crippen LogP contribution in [0.1, 0.15) is 29.0 Å². The third-order valence-corrected chi connectivity index (χ3v) is 8.95. The summed E-state index contributed by atoms with van der Waals surface area (Å²) in [4.78, 5) is 53.2. The van der Waals surface area contributed by atoms with Crippen molar-refractivity contribution in [3.05, 3.63) is 105 Å². The summed E-state index contributed by atoms with van der Waals surface area (Å²) in [5.41, 5.74) is 3.72. The number of nitrogens with one attached hydrogen (secondary N) is 2. The van der Waals surface area contributed by atoms with E-state index in [1.807, 2.05) is 78.2 Å². The van der Waals surface area contributed by atoms with Crippen LogP contribution in [0.3, 0.4) is 0 Å². The van der Waals surface area contributed by atoms with Gasteiger partial charge in [-0.15, -0.1) is 11.3 Å². The number of hydrazone groups is 1. The maximum Gasteiger partial charge on any atom is 0.356 e. The lowest BCUT2D eigenvalue weighted by atomic mass is 10.0. The van der Waals surface area contributed by atoms with Gasteiger partial charge in [-0.05, 0) is 33.7 Å². The highest BCUT2D eigenvalue weighted by Gasteiger charge is 2.61. The lowest BCUT2D eigenvalue weighted by Gasteiger charge is -2.49. The van der Waals surface area contributed by atoms with Gasteiger partial charge in [0.15, 0.2) is 12.1 Å². The summed E-state index contributed by atoms with van der Waals surface area (Å²) < 4.78 is 19.3. The molecule has 41 heavy (non-hydrogen) atoms. The Balaban J connectivity index is 1.45. The molecule has 2 aliphatic heterocycles. The maximum absolute atomic E-state index is 13.8. The molecular formula is C29H26N4O6S2. The number of esters is 1. The third-order valence-electron chi connectivity index (χ3n) is 6.45. The minimum absolute atomic E-state index is 0.0794. The van der Waals surface area contributed by atoms with Gasteiger partial charge in [-0.3, -0.25) is 19.3 Å². The molecule has 2 N–H and O–H groups in total. The van der Waals surface area contributed by atoms with Crippen LogP contribution in [0.25, 0.3) is 0 Å². The van der Waals surface area contributed by atoms with Crippen molar-refractivity contribution >= 4 is 52.4 Å². The Morgan fingerprint density at radius 3 is 2.34 bits per heavy atom. The highest BCUT2D eigenvalue weighted by Crippen LogP contribution is 2.38. The summed E-state index contributed by atoms with van der Waals surface area (Å²) in [7, 11) is 0. The van der Waals surface area contributed by atoms with Gasteiger partial charge in [0, 0.05) is 11.8 Å². The van der Waals surface area contributed by atoms with Crippen molar-refractivity contribution in [2.45, 2.75) is 30.9 Å². The molecule has 0 aliphatic carbocycles. The van der Waals surface area contributed by atoms with Gasteiger partial charge in [0.2, 0.25) is 17.2 Å². The van der Waals surface area contributed by atoms with E-state index in [-0.39, 0.29) is 29.4 Å². The van der Waals surface area contributed by atoms with Gasteiger partial charge in [-0.25, -0.2) is 10.2 Å². The zero-order valence-corrected chi connectivity index (χ0v) is 23.5. The number of nitrogens with zero attached hydrogens (tertiary/aromatic N) is 2. The molecule has 1 fully saturated rings. The normalized spacial score (nSPS) is 20.0. The van der Waals surface area contributed by atoms with Gasteiger partial charge in [0.05, 0.1) is 18.2 Å². The summed E-state index contributed by atoms with van der Waals surface area (Å²) in [6, 6.07) is 20.9. The Kier molecular flexibility index (Phi) is 8.62. The summed E-state index contributed by atoms with van der Waals surface area (Å²) in [6.45, 7) is 1.27. The van der Waals surface area contributed by atoms with E-state index >= 15 is 0 Å². The van der Waals surface area contributed by atoms with Crippen molar-refractivity contribution in [1.82, 2.24) is 15.6 Å². The molecule has 1 saturated heterocycles. The van der Waals surface area contributed by atoms with E-state index in [0.717, 1.165) is 9.78 Å². The summed E-state index contributed by atoms with van der Waals surface area (Å²) >= 11 is -0.262. The second-order valence-electron chi connectivity index (χ2n) is 9.33. The van der Waals surface area contributed by atoms with Crippen molar-refractivity contribution in [3.8, 4) is 0 Å². The number of ether oxygens (including phenoxy) is 1. The Morgan fingerprint density at radius 1 is 1.10 bits per heavy atom. The molecule has 0 saturated carbocycles.